The van der Waals surface area contributed by atoms with Crippen LogP contribution in [0.5, 0.6) is 0 Å². The van der Waals surface area contributed by atoms with E-state index in [4.69, 9.17) is 5.73 Å². The third kappa shape index (κ3) is 1.41. The predicted octanol–water partition coefficient (Wildman–Crippen LogP) is 1.67. The van der Waals surface area contributed by atoms with Crippen molar-refractivity contribution < 1.29 is 8.78 Å². The summed E-state index contributed by atoms with van der Waals surface area (Å²) in [5, 5.41) is 4.87. The molecule has 1 aliphatic carbocycles. The van der Waals surface area contributed by atoms with Gasteiger partial charge >= 0.3 is 0 Å². The van der Waals surface area contributed by atoms with Gasteiger partial charge in [0.25, 0.3) is 5.92 Å². The van der Waals surface area contributed by atoms with Gasteiger partial charge in [-0.2, -0.15) is 5.10 Å². The van der Waals surface area contributed by atoms with Gasteiger partial charge in [0.15, 0.2) is 5.65 Å². The van der Waals surface area contributed by atoms with E-state index < -0.39 is 11.8 Å². The molecule has 1 aliphatic rings. The van der Waals surface area contributed by atoms with Crippen LogP contribution in [0.15, 0.2) is 18.3 Å². The van der Waals surface area contributed by atoms with E-state index >= 15 is 0 Å². The van der Waals surface area contributed by atoms with Crippen molar-refractivity contribution in [2.24, 2.45) is 5.92 Å². The van der Waals surface area contributed by atoms with Crippen molar-refractivity contribution >= 4 is 16.9 Å². The maximum atomic E-state index is 12.8. The number of aromatic nitrogens is 3. The average Bonchev–Trinajstić information content (AvgIpc) is 2.65. The van der Waals surface area contributed by atoms with Crippen LogP contribution in [0.25, 0.3) is 11.0 Å². The lowest BCUT2D eigenvalue weighted by atomic mass is 10.3. The third-order valence-corrected chi connectivity index (χ3v) is 2.86. The number of nitrogens with zero attached hydrogens (tertiary/aromatic N) is 3. The minimum Gasteiger partial charge on any atom is -0.384 e. The van der Waals surface area contributed by atoms with Crippen LogP contribution in [0.2, 0.25) is 0 Å². The maximum absolute atomic E-state index is 12.8. The molecule has 0 saturated heterocycles. The van der Waals surface area contributed by atoms with Crippen molar-refractivity contribution in [3.05, 3.63) is 18.3 Å². The van der Waals surface area contributed by atoms with Crippen LogP contribution in [-0.2, 0) is 6.54 Å². The summed E-state index contributed by atoms with van der Waals surface area (Å²) in [6.45, 7) is 0.201. The lowest BCUT2D eigenvalue weighted by Gasteiger charge is -2.02. The van der Waals surface area contributed by atoms with Crippen molar-refractivity contribution in [3.8, 4) is 0 Å². The Labute approximate surface area is 90.1 Å². The fourth-order valence-electron chi connectivity index (χ4n) is 1.78. The van der Waals surface area contributed by atoms with E-state index in [2.05, 4.69) is 10.1 Å². The van der Waals surface area contributed by atoms with Gasteiger partial charge in [-0.25, -0.2) is 18.4 Å². The Morgan fingerprint density at radius 3 is 2.94 bits per heavy atom. The Bertz CT molecular complexity index is 549. The Kier molecular flexibility index (Phi) is 1.72. The molecule has 1 atom stereocenters. The molecule has 2 N–H and O–H groups in total. The summed E-state index contributed by atoms with van der Waals surface area (Å²) in [6.07, 6.45) is 1.55. The lowest BCUT2D eigenvalue weighted by Crippen LogP contribution is -2.07. The summed E-state index contributed by atoms with van der Waals surface area (Å²) in [5.41, 5.74) is 6.12. The Morgan fingerprint density at radius 1 is 1.50 bits per heavy atom. The van der Waals surface area contributed by atoms with Crippen LogP contribution in [0.3, 0.4) is 0 Å². The molecule has 0 aromatic carbocycles. The number of nitrogens with two attached hydrogens (primary N) is 1. The van der Waals surface area contributed by atoms with Gasteiger partial charge in [0.2, 0.25) is 0 Å². The first-order valence-electron chi connectivity index (χ1n) is 5.02. The van der Waals surface area contributed by atoms with E-state index in [0.717, 1.165) is 5.39 Å². The topological polar surface area (TPSA) is 56.7 Å². The molecular weight excluding hydrogens is 214 g/mol. The summed E-state index contributed by atoms with van der Waals surface area (Å²) in [6, 6.07) is 3.45. The molecule has 2 aromatic heterocycles. The summed E-state index contributed by atoms with van der Waals surface area (Å²) >= 11 is 0. The normalized spacial score (nSPS) is 22.5. The zero-order valence-electron chi connectivity index (χ0n) is 8.40. The first kappa shape index (κ1) is 9.50. The van der Waals surface area contributed by atoms with E-state index in [1.807, 2.05) is 0 Å². The first-order valence-corrected chi connectivity index (χ1v) is 5.02. The fourth-order valence-corrected chi connectivity index (χ4v) is 1.78. The van der Waals surface area contributed by atoms with Crippen molar-refractivity contribution in [1.29, 1.82) is 0 Å². The molecule has 2 aromatic rings. The Balaban J connectivity index is 1.95. The highest BCUT2D eigenvalue weighted by molar-refractivity contribution is 5.76. The van der Waals surface area contributed by atoms with E-state index in [0.29, 0.717) is 11.5 Å². The first-order chi connectivity index (χ1) is 7.56. The van der Waals surface area contributed by atoms with E-state index in [9.17, 15) is 8.78 Å². The molecule has 0 unspecified atom stereocenters. The number of fused-ring (bicyclic) bond motifs is 1. The number of halogens is 2. The largest absolute Gasteiger partial charge is 0.384 e. The van der Waals surface area contributed by atoms with Gasteiger partial charge in [-0.3, -0.25) is 0 Å². The molecule has 6 heteroatoms. The molecule has 1 fully saturated rings. The number of nitrogen functional groups attached to an aromatic ring is 1. The van der Waals surface area contributed by atoms with E-state index in [1.165, 1.54) is 4.68 Å². The molecule has 4 nitrogen and oxygen atoms in total. The van der Waals surface area contributed by atoms with Crippen molar-refractivity contribution in [1.82, 2.24) is 14.8 Å². The summed E-state index contributed by atoms with van der Waals surface area (Å²) in [7, 11) is 0. The molecule has 0 spiro atoms. The number of hydrogen-bond acceptors (Lipinski definition) is 3. The van der Waals surface area contributed by atoms with Crippen LogP contribution in [0.1, 0.15) is 6.42 Å². The van der Waals surface area contributed by atoms with Gasteiger partial charge in [0.1, 0.15) is 5.82 Å². The maximum Gasteiger partial charge on any atom is 0.253 e. The summed E-state index contributed by atoms with van der Waals surface area (Å²) in [5.74, 6) is -2.77. The van der Waals surface area contributed by atoms with Gasteiger partial charge in [-0.15, -0.1) is 0 Å². The van der Waals surface area contributed by atoms with Crippen LogP contribution in [-0.4, -0.2) is 20.7 Å². The minimum atomic E-state index is -2.53. The molecule has 3 rings (SSSR count). The molecule has 84 valence electrons. The highest BCUT2D eigenvalue weighted by Crippen LogP contribution is 2.49. The monoisotopic (exact) mass is 224 g/mol. The van der Waals surface area contributed by atoms with Crippen LogP contribution in [0.4, 0.5) is 14.6 Å². The number of alkyl halides is 2. The zero-order chi connectivity index (χ0) is 11.3. The molecule has 16 heavy (non-hydrogen) atoms. The van der Waals surface area contributed by atoms with Gasteiger partial charge < -0.3 is 5.73 Å². The van der Waals surface area contributed by atoms with Gasteiger partial charge in [0.05, 0.1) is 12.7 Å². The molecule has 0 bridgehead atoms. The second-order valence-electron chi connectivity index (χ2n) is 4.14. The molecule has 1 saturated carbocycles. The lowest BCUT2D eigenvalue weighted by molar-refractivity contribution is 0.0945. The SMILES string of the molecule is Nc1ccc2cnn(C[C@@H]3CC3(F)F)c2n1. The standard InChI is InChI=1S/C10H10F2N4/c11-10(12)3-7(10)5-16-9-6(4-14-16)1-2-8(13)15-9/h1-2,4,7H,3,5H2,(H2,13,15)/t7-/m0/s1. The fraction of sp³-hybridized carbons (Fsp3) is 0.400. The van der Waals surface area contributed by atoms with Crippen molar-refractivity contribution in [2.45, 2.75) is 18.9 Å². The predicted molar refractivity (Wildman–Crippen MR) is 55.0 cm³/mol. The molecule has 2 heterocycles. The molecule has 0 amide bonds. The summed E-state index contributed by atoms with van der Waals surface area (Å²) in [4.78, 5) is 4.10. The highest BCUT2D eigenvalue weighted by Gasteiger charge is 2.56. The van der Waals surface area contributed by atoms with Crippen molar-refractivity contribution in [2.75, 3.05) is 5.73 Å². The van der Waals surface area contributed by atoms with Gasteiger partial charge in [-0.1, -0.05) is 0 Å². The van der Waals surface area contributed by atoms with Gasteiger partial charge in [-0.05, 0) is 12.1 Å². The average molecular weight is 224 g/mol. The smallest absolute Gasteiger partial charge is 0.253 e. The van der Waals surface area contributed by atoms with Crippen LogP contribution in [0, 0.1) is 5.92 Å². The second kappa shape index (κ2) is 2.90. The summed E-state index contributed by atoms with van der Waals surface area (Å²) < 4.78 is 27.1. The Hall–Kier alpha value is -1.72. The zero-order valence-corrected chi connectivity index (χ0v) is 8.40. The second-order valence-corrected chi connectivity index (χ2v) is 4.14. The number of rotatable bonds is 2. The molecular formula is C10H10F2N4. The number of hydrogen-bond donors (Lipinski definition) is 1. The Morgan fingerprint density at radius 2 is 2.25 bits per heavy atom. The van der Waals surface area contributed by atoms with E-state index in [1.54, 1.807) is 18.3 Å². The van der Waals surface area contributed by atoms with Crippen molar-refractivity contribution in [3.63, 3.8) is 0 Å². The van der Waals surface area contributed by atoms with Crippen LogP contribution >= 0.6 is 0 Å². The number of anilines is 1. The van der Waals surface area contributed by atoms with Crippen LogP contribution < -0.4 is 5.73 Å². The van der Waals surface area contributed by atoms with E-state index in [-0.39, 0.29) is 13.0 Å². The highest BCUT2D eigenvalue weighted by atomic mass is 19.3. The molecule has 0 aliphatic heterocycles. The minimum absolute atomic E-state index is 0.0589. The van der Waals surface area contributed by atoms with Gasteiger partial charge in [0, 0.05) is 17.7 Å². The molecule has 0 radical (unpaired) electrons. The number of pyridine rings is 1. The third-order valence-electron chi connectivity index (χ3n) is 2.86. The quantitative estimate of drug-likeness (QED) is 0.844.